The van der Waals surface area contributed by atoms with E-state index in [1.54, 1.807) is 0 Å². The number of amides is 2. The standard InChI is InChI=1S/C36H58N4O6/c1-23(2)19-27(37)31(41)15-17-33(43)39-29(21-25-11-7-5-8-12-25)35(45)36(46)30(22-26-13-9-6-10-14-26)40-34(44)18-16-32(42)28(38)20-24(3)4/h5-14,23-24,27-32,35-36,41-42,45-46H,15-22,37-38H2,1-4H3,(H,39,43)(H,40,44)/t27-,28-,29-,30-,31-,32-,35-,36-/m0/s1. The van der Waals surface area contributed by atoms with E-state index in [1.165, 1.54) is 0 Å². The van der Waals surface area contributed by atoms with E-state index in [2.05, 4.69) is 10.6 Å². The number of rotatable bonds is 21. The van der Waals surface area contributed by atoms with Crippen molar-refractivity contribution in [3.05, 3.63) is 71.8 Å². The molecule has 2 rings (SSSR count). The summed E-state index contributed by atoms with van der Waals surface area (Å²) >= 11 is 0. The Labute approximate surface area is 275 Å². The van der Waals surface area contributed by atoms with Gasteiger partial charge in [0.1, 0.15) is 12.2 Å². The molecule has 0 heterocycles. The van der Waals surface area contributed by atoms with Crippen molar-refractivity contribution in [3.63, 3.8) is 0 Å². The van der Waals surface area contributed by atoms with Gasteiger partial charge >= 0.3 is 0 Å². The highest BCUT2D eigenvalue weighted by molar-refractivity contribution is 5.77. The lowest BCUT2D eigenvalue weighted by atomic mass is 9.90. The van der Waals surface area contributed by atoms with E-state index in [4.69, 9.17) is 11.5 Å². The van der Waals surface area contributed by atoms with Crippen molar-refractivity contribution >= 4 is 11.8 Å². The van der Waals surface area contributed by atoms with E-state index in [0.29, 0.717) is 24.7 Å². The Morgan fingerprint density at radius 3 is 1.24 bits per heavy atom. The van der Waals surface area contributed by atoms with Crippen LogP contribution in [0.15, 0.2) is 60.7 Å². The second-order valence-corrected chi connectivity index (χ2v) is 13.5. The highest BCUT2D eigenvalue weighted by Gasteiger charge is 2.34. The molecule has 0 saturated heterocycles. The molecule has 0 aliphatic heterocycles. The zero-order valence-electron chi connectivity index (χ0n) is 28.0. The number of aliphatic hydroxyl groups is 4. The van der Waals surface area contributed by atoms with Gasteiger partial charge in [0.05, 0.1) is 24.3 Å². The molecule has 10 heteroatoms. The van der Waals surface area contributed by atoms with Crippen molar-refractivity contribution in [2.75, 3.05) is 0 Å². The molecule has 2 aromatic carbocycles. The van der Waals surface area contributed by atoms with Crippen LogP contribution in [-0.4, -0.2) is 80.8 Å². The molecule has 0 radical (unpaired) electrons. The van der Waals surface area contributed by atoms with Crippen molar-refractivity contribution in [1.29, 1.82) is 0 Å². The molecular weight excluding hydrogens is 584 g/mol. The van der Waals surface area contributed by atoms with Gasteiger partial charge < -0.3 is 42.5 Å². The summed E-state index contributed by atoms with van der Waals surface area (Å²) < 4.78 is 0. The monoisotopic (exact) mass is 642 g/mol. The number of carbonyl (C=O) groups is 2. The molecule has 0 unspecified atom stereocenters. The van der Waals surface area contributed by atoms with Gasteiger partial charge in [-0.2, -0.15) is 0 Å². The van der Waals surface area contributed by atoms with Crippen molar-refractivity contribution in [1.82, 2.24) is 10.6 Å². The first-order chi connectivity index (χ1) is 21.8. The van der Waals surface area contributed by atoms with Crippen LogP contribution in [0.3, 0.4) is 0 Å². The SMILES string of the molecule is CC(C)C[C@H](N)[C@@H](O)CCC(=O)N[C@@H](Cc1ccccc1)[C@H](O)[C@@H](O)[C@H](Cc1ccccc1)NC(=O)CC[C@H](O)[C@@H](N)CC(C)C. The number of benzene rings is 2. The largest absolute Gasteiger partial charge is 0.391 e. The van der Waals surface area contributed by atoms with Gasteiger partial charge in [0, 0.05) is 24.9 Å². The average molecular weight is 643 g/mol. The molecule has 2 aromatic rings. The van der Waals surface area contributed by atoms with Crippen LogP contribution in [0.5, 0.6) is 0 Å². The first-order valence-corrected chi connectivity index (χ1v) is 16.7. The van der Waals surface area contributed by atoms with Gasteiger partial charge in [-0.1, -0.05) is 88.4 Å². The minimum atomic E-state index is -1.45. The Morgan fingerprint density at radius 1 is 0.609 bits per heavy atom. The number of nitrogens with two attached hydrogens (primary N) is 2. The van der Waals surface area contributed by atoms with Crippen LogP contribution >= 0.6 is 0 Å². The molecule has 10 N–H and O–H groups in total. The van der Waals surface area contributed by atoms with Crippen molar-refractivity contribution in [3.8, 4) is 0 Å². The van der Waals surface area contributed by atoms with Crippen LogP contribution in [0.4, 0.5) is 0 Å². The summed E-state index contributed by atoms with van der Waals surface area (Å²) in [6, 6.07) is 15.9. The van der Waals surface area contributed by atoms with Crippen LogP contribution in [0.1, 0.15) is 77.3 Å². The average Bonchev–Trinajstić information content (AvgIpc) is 3.01. The molecule has 0 bridgehead atoms. The fourth-order valence-electron chi connectivity index (χ4n) is 5.67. The maximum Gasteiger partial charge on any atom is 0.220 e. The van der Waals surface area contributed by atoms with Gasteiger partial charge in [-0.3, -0.25) is 9.59 Å². The van der Waals surface area contributed by atoms with E-state index in [-0.39, 0.29) is 38.5 Å². The van der Waals surface area contributed by atoms with Crippen molar-refractivity contribution < 1.29 is 30.0 Å². The number of hydrogen-bond acceptors (Lipinski definition) is 8. The van der Waals surface area contributed by atoms with Crippen molar-refractivity contribution in [2.45, 2.75) is 128 Å². The molecule has 0 spiro atoms. The fraction of sp³-hybridized carbons (Fsp3) is 0.611. The summed E-state index contributed by atoms with van der Waals surface area (Å²) in [6.07, 6.45) is -2.57. The Hall–Kier alpha value is -2.86. The topological polar surface area (TPSA) is 191 Å². The second kappa shape index (κ2) is 20.4. The normalized spacial score (nSPS) is 17.0. The van der Waals surface area contributed by atoms with Crippen LogP contribution in [0.2, 0.25) is 0 Å². The van der Waals surface area contributed by atoms with E-state index >= 15 is 0 Å². The molecule has 0 aliphatic carbocycles. The Bertz CT molecular complexity index is 1050. The lowest BCUT2D eigenvalue weighted by molar-refractivity contribution is -0.127. The lowest BCUT2D eigenvalue weighted by Gasteiger charge is -2.33. The van der Waals surface area contributed by atoms with Crippen LogP contribution in [0.25, 0.3) is 0 Å². The van der Waals surface area contributed by atoms with Crippen LogP contribution in [-0.2, 0) is 22.4 Å². The lowest BCUT2D eigenvalue weighted by Crippen LogP contribution is -2.57. The summed E-state index contributed by atoms with van der Waals surface area (Å²) in [4.78, 5) is 26.1. The molecule has 10 nitrogen and oxygen atoms in total. The summed E-state index contributed by atoms with van der Waals surface area (Å²) in [5.41, 5.74) is 13.9. The maximum absolute atomic E-state index is 13.1. The molecule has 258 valence electrons. The zero-order chi connectivity index (χ0) is 34.2. The minimum Gasteiger partial charge on any atom is -0.391 e. The van der Waals surface area contributed by atoms with Crippen molar-refractivity contribution in [2.24, 2.45) is 23.3 Å². The molecule has 0 fully saturated rings. The Kier molecular flexibility index (Phi) is 17.4. The predicted octanol–water partition coefficient (Wildman–Crippen LogP) is 2.19. The number of hydrogen-bond donors (Lipinski definition) is 8. The van der Waals surface area contributed by atoms with Gasteiger partial charge in [0.25, 0.3) is 0 Å². The molecule has 0 saturated carbocycles. The Balaban J connectivity index is 2.19. The minimum absolute atomic E-state index is 0.00742. The van der Waals surface area contributed by atoms with Gasteiger partial charge in [-0.15, -0.1) is 0 Å². The van der Waals surface area contributed by atoms with Gasteiger partial charge in [0.2, 0.25) is 11.8 Å². The number of nitrogens with one attached hydrogen (secondary N) is 2. The quantitative estimate of drug-likeness (QED) is 0.102. The molecule has 0 aliphatic rings. The summed E-state index contributed by atoms with van der Waals surface area (Å²) in [6.45, 7) is 8.06. The maximum atomic E-state index is 13.1. The second-order valence-electron chi connectivity index (χ2n) is 13.5. The third-order valence-corrected chi connectivity index (χ3v) is 8.27. The summed E-state index contributed by atoms with van der Waals surface area (Å²) in [5, 5.41) is 49.8. The smallest absolute Gasteiger partial charge is 0.220 e. The van der Waals surface area contributed by atoms with Crippen LogP contribution in [0, 0.1) is 11.8 Å². The molecule has 8 atom stereocenters. The third-order valence-electron chi connectivity index (χ3n) is 8.27. The molecular formula is C36H58N4O6. The first-order valence-electron chi connectivity index (χ1n) is 16.7. The highest BCUT2D eigenvalue weighted by Crippen LogP contribution is 2.17. The van der Waals surface area contributed by atoms with Crippen LogP contribution < -0.4 is 22.1 Å². The molecule has 46 heavy (non-hydrogen) atoms. The summed E-state index contributed by atoms with van der Waals surface area (Å²) in [5.74, 6) is -0.166. The molecule has 2 amide bonds. The van der Waals surface area contributed by atoms with Gasteiger partial charge in [0.15, 0.2) is 0 Å². The summed E-state index contributed by atoms with van der Waals surface area (Å²) in [7, 11) is 0. The molecule has 0 aromatic heterocycles. The van der Waals surface area contributed by atoms with Gasteiger partial charge in [-0.05, 0) is 61.5 Å². The number of carbonyl (C=O) groups excluding carboxylic acids is 2. The fourth-order valence-corrected chi connectivity index (χ4v) is 5.67. The highest BCUT2D eigenvalue weighted by atomic mass is 16.3. The van der Waals surface area contributed by atoms with E-state index in [0.717, 1.165) is 11.1 Å². The zero-order valence-corrected chi connectivity index (χ0v) is 28.0. The Morgan fingerprint density at radius 2 is 0.935 bits per heavy atom. The van der Waals surface area contributed by atoms with E-state index < -0.39 is 60.4 Å². The van der Waals surface area contributed by atoms with Gasteiger partial charge in [-0.25, -0.2) is 0 Å². The number of aliphatic hydroxyl groups excluding tert-OH is 4. The predicted molar refractivity (Wildman–Crippen MR) is 182 cm³/mol. The third kappa shape index (κ3) is 14.7. The first kappa shape index (κ1) is 39.3. The van der Waals surface area contributed by atoms with E-state index in [1.807, 2.05) is 88.4 Å². The van der Waals surface area contributed by atoms with E-state index in [9.17, 15) is 30.0 Å².